The number of nitrogens with zero attached hydrogens (tertiary/aromatic N) is 2. The lowest BCUT2D eigenvalue weighted by Crippen LogP contribution is -2.29. The number of hydrogen-bond donors (Lipinski definition) is 0. The Bertz CT molecular complexity index is 1380. The largest absolute Gasteiger partial charge is 0.497 e. The van der Waals surface area contributed by atoms with Gasteiger partial charge in [0.1, 0.15) is 28.0 Å². The first kappa shape index (κ1) is 21.8. The maximum absolute atomic E-state index is 13.7. The standard InChI is InChI=1S/C22H14BrFN2O5S/c1-30-16-4-2-13(3-5-16)12-26-22(27)20-19(32(26,28)29)7-6-18(21(20)23)31-17-9-14(11-25)8-15(24)10-17/h2-10H,12H2,1H3. The minimum absolute atomic E-state index is 0.0330. The van der Waals surface area contributed by atoms with Crippen LogP contribution in [0.25, 0.3) is 0 Å². The van der Waals surface area contributed by atoms with Crippen molar-refractivity contribution in [2.45, 2.75) is 11.4 Å². The maximum atomic E-state index is 13.7. The third-order valence-electron chi connectivity index (χ3n) is 4.79. The van der Waals surface area contributed by atoms with Gasteiger partial charge in [0.05, 0.1) is 35.3 Å². The highest BCUT2D eigenvalue weighted by Crippen LogP contribution is 2.42. The zero-order valence-electron chi connectivity index (χ0n) is 16.5. The number of nitriles is 1. The van der Waals surface area contributed by atoms with E-state index >= 15 is 0 Å². The van der Waals surface area contributed by atoms with Crippen LogP contribution >= 0.6 is 15.9 Å². The monoisotopic (exact) mass is 516 g/mol. The molecule has 0 aliphatic carbocycles. The highest BCUT2D eigenvalue weighted by Gasteiger charge is 2.43. The van der Waals surface area contributed by atoms with Crippen LogP contribution in [0.5, 0.6) is 17.2 Å². The summed E-state index contributed by atoms with van der Waals surface area (Å²) in [7, 11) is -2.56. The molecule has 0 unspecified atom stereocenters. The number of rotatable bonds is 5. The van der Waals surface area contributed by atoms with Gasteiger partial charge in [-0.3, -0.25) is 4.79 Å². The normalized spacial score (nSPS) is 14.1. The number of carbonyl (C=O) groups is 1. The fourth-order valence-electron chi connectivity index (χ4n) is 3.25. The van der Waals surface area contributed by atoms with Crippen LogP contribution in [-0.2, 0) is 16.6 Å². The minimum atomic E-state index is -4.08. The van der Waals surface area contributed by atoms with Gasteiger partial charge in [-0.2, -0.15) is 5.26 Å². The number of ether oxygens (including phenoxy) is 2. The van der Waals surface area contributed by atoms with E-state index in [1.54, 1.807) is 24.3 Å². The molecule has 7 nitrogen and oxygen atoms in total. The summed E-state index contributed by atoms with van der Waals surface area (Å²) in [5, 5.41) is 9.00. The van der Waals surface area contributed by atoms with Crippen molar-refractivity contribution in [3.8, 4) is 23.3 Å². The molecule has 0 fully saturated rings. The Morgan fingerprint density at radius 2 is 1.81 bits per heavy atom. The number of benzene rings is 3. The molecule has 32 heavy (non-hydrogen) atoms. The average Bonchev–Trinajstić information content (AvgIpc) is 2.96. The van der Waals surface area contributed by atoms with E-state index in [9.17, 15) is 17.6 Å². The van der Waals surface area contributed by atoms with Gasteiger partial charge in [0.15, 0.2) is 0 Å². The highest BCUT2D eigenvalue weighted by molar-refractivity contribution is 9.10. The third kappa shape index (κ3) is 3.81. The average molecular weight is 517 g/mol. The summed E-state index contributed by atoms with van der Waals surface area (Å²) in [4.78, 5) is 12.9. The summed E-state index contributed by atoms with van der Waals surface area (Å²) >= 11 is 3.26. The molecule has 0 N–H and O–H groups in total. The van der Waals surface area contributed by atoms with Gasteiger partial charge in [-0.25, -0.2) is 17.1 Å². The van der Waals surface area contributed by atoms with Gasteiger partial charge in [0.2, 0.25) is 0 Å². The molecular formula is C22H14BrFN2O5S. The summed E-state index contributed by atoms with van der Waals surface area (Å²) in [6.07, 6.45) is 0. The summed E-state index contributed by atoms with van der Waals surface area (Å²) < 4.78 is 51.4. The predicted molar refractivity (Wildman–Crippen MR) is 115 cm³/mol. The summed E-state index contributed by atoms with van der Waals surface area (Å²) in [5.74, 6) is -0.640. The summed E-state index contributed by atoms with van der Waals surface area (Å²) in [6, 6.07) is 14.6. The predicted octanol–water partition coefficient (Wildman–Crippen LogP) is 4.61. The van der Waals surface area contributed by atoms with Gasteiger partial charge < -0.3 is 9.47 Å². The molecule has 0 saturated carbocycles. The molecule has 1 aliphatic rings. The molecule has 4 rings (SSSR count). The smallest absolute Gasteiger partial charge is 0.270 e. The summed E-state index contributed by atoms with van der Waals surface area (Å²) in [5.41, 5.74) is 0.585. The Balaban J connectivity index is 1.69. The van der Waals surface area contributed by atoms with Crippen LogP contribution in [0.4, 0.5) is 4.39 Å². The van der Waals surface area contributed by atoms with Crippen molar-refractivity contribution in [1.82, 2.24) is 4.31 Å². The Morgan fingerprint density at radius 3 is 2.47 bits per heavy atom. The number of carbonyl (C=O) groups excluding carboxylic acids is 1. The van der Waals surface area contributed by atoms with Gasteiger partial charge in [-0.05, 0) is 57.9 Å². The first-order valence-electron chi connectivity index (χ1n) is 9.15. The van der Waals surface area contributed by atoms with Crippen molar-refractivity contribution in [2.24, 2.45) is 0 Å². The molecule has 0 spiro atoms. The Kier molecular flexibility index (Phi) is 5.62. The lowest BCUT2D eigenvalue weighted by atomic mass is 10.1. The minimum Gasteiger partial charge on any atom is -0.497 e. The topological polar surface area (TPSA) is 96.7 Å². The van der Waals surface area contributed by atoms with Gasteiger partial charge in [-0.1, -0.05) is 12.1 Å². The lowest BCUT2D eigenvalue weighted by Gasteiger charge is -2.15. The number of halogens is 2. The molecule has 1 amide bonds. The van der Waals surface area contributed by atoms with Gasteiger partial charge in [0.25, 0.3) is 15.9 Å². The van der Waals surface area contributed by atoms with E-state index in [0.717, 1.165) is 16.4 Å². The van der Waals surface area contributed by atoms with Crippen LogP contribution in [0, 0.1) is 17.1 Å². The molecule has 3 aromatic carbocycles. The van der Waals surface area contributed by atoms with Crippen LogP contribution in [0.15, 0.2) is 64.0 Å². The first-order chi connectivity index (χ1) is 15.2. The molecule has 1 aliphatic heterocycles. The van der Waals surface area contributed by atoms with Crippen molar-refractivity contribution >= 4 is 31.9 Å². The number of fused-ring (bicyclic) bond motifs is 1. The van der Waals surface area contributed by atoms with E-state index < -0.39 is 21.7 Å². The van der Waals surface area contributed by atoms with Crippen molar-refractivity contribution < 1.29 is 27.1 Å². The number of sulfonamides is 1. The number of methoxy groups -OCH3 is 1. The van der Waals surface area contributed by atoms with Crippen LogP contribution in [-0.4, -0.2) is 25.7 Å². The molecule has 10 heteroatoms. The molecular weight excluding hydrogens is 503 g/mol. The third-order valence-corrected chi connectivity index (χ3v) is 7.35. The molecule has 3 aromatic rings. The van der Waals surface area contributed by atoms with Crippen LogP contribution in [0.3, 0.4) is 0 Å². The van der Waals surface area contributed by atoms with Crippen LogP contribution in [0.1, 0.15) is 21.5 Å². The molecule has 0 bridgehead atoms. The van der Waals surface area contributed by atoms with E-state index in [1.807, 2.05) is 6.07 Å². The Hall–Kier alpha value is -3.42. The lowest BCUT2D eigenvalue weighted by molar-refractivity contribution is 0.0863. The van der Waals surface area contributed by atoms with Crippen LogP contribution in [0.2, 0.25) is 0 Å². The van der Waals surface area contributed by atoms with Crippen molar-refractivity contribution in [2.75, 3.05) is 7.11 Å². The fraction of sp³-hybridized carbons (Fsp3) is 0.0909. The molecule has 0 aromatic heterocycles. The number of amides is 1. The van der Waals surface area contributed by atoms with E-state index in [1.165, 1.54) is 25.3 Å². The first-order valence-corrected chi connectivity index (χ1v) is 11.4. The fourth-order valence-corrected chi connectivity index (χ4v) is 5.53. The molecule has 0 radical (unpaired) electrons. The van der Waals surface area contributed by atoms with Gasteiger partial charge >= 0.3 is 0 Å². The van der Waals surface area contributed by atoms with Gasteiger partial charge in [0, 0.05) is 6.07 Å². The maximum Gasteiger partial charge on any atom is 0.270 e. The molecule has 1 heterocycles. The molecule has 0 atom stereocenters. The second-order valence-electron chi connectivity index (χ2n) is 6.81. The van der Waals surface area contributed by atoms with E-state index in [4.69, 9.17) is 14.7 Å². The Labute approximate surface area is 191 Å². The van der Waals surface area contributed by atoms with Crippen molar-refractivity contribution in [3.63, 3.8) is 0 Å². The van der Waals surface area contributed by atoms with E-state index in [2.05, 4.69) is 15.9 Å². The SMILES string of the molecule is COc1ccc(CN2C(=O)c3c(ccc(Oc4cc(F)cc(C#N)c4)c3Br)S2(=O)=O)cc1. The zero-order chi connectivity index (χ0) is 23.0. The molecule has 0 saturated heterocycles. The molecule has 162 valence electrons. The van der Waals surface area contributed by atoms with Crippen LogP contribution < -0.4 is 9.47 Å². The van der Waals surface area contributed by atoms with Crippen molar-refractivity contribution in [1.29, 1.82) is 5.26 Å². The zero-order valence-corrected chi connectivity index (χ0v) is 18.9. The highest BCUT2D eigenvalue weighted by atomic mass is 79.9. The van der Waals surface area contributed by atoms with Gasteiger partial charge in [-0.15, -0.1) is 0 Å². The second kappa shape index (κ2) is 8.26. The van der Waals surface area contributed by atoms with Crippen molar-refractivity contribution in [3.05, 3.63) is 81.6 Å². The summed E-state index contributed by atoms with van der Waals surface area (Å²) in [6.45, 7) is -0.155. The number of hydrogen-bond acceptors (Lipinski definition) is 6. The quantitative estimate of drug-likeness (QED) is 0.491. The second-order valence-corrected chi connectivity index (χ2v) is 9.43. The van der Waals surface area contributed by atoms with E-state index in [0.29, 0.717) is 11.3 Å². The Morgan fingerprint density at radius 1 is 1.09 bits per heavy atom. The van der Waals surface area contributed by atoms with E-state index in [-0.39, 0.29) is 38.5 Å².